The molecule has 0 aromatic carbocycles. The minimum atomic E-state index is 0.883. The van der Waals surface area contributed by atoms with E-state index in [0.717, 1.165) is 5.92 Å². The summed E-state index contributed by atoms with van der Waals surface area (Å²) in [5.41, 5.74) is 3.28. The Morgan fingerprint density at radius 1 is 0.929 bits per heavy atom. The second-order valence-corrected chi connectivity index (χ2v) is 6.02. The zero-order valence-electron chi connectivity index (χ0n) is 9.52. The largest absolute Gasteiger partial charge is 0.145 e. The predicted molar refractivity (Wildman–Crippen MR) is 64.4 cm³/mol. The van der Waals surface area contributed by atoms with Crippen molar-refractivity contribution in [1.82, 2.24) is 0 Å². The fourth-order valence-corrected chi connectivity index (χ4v) is 3.95. The molecule has 0 spiro atoms. The third kappa shape index (κ3) is 1.75. The van der Waals surface area contributed by atoms with Gasteiger partial charge in [-0.05, 0) is 50.7 Å². The highest BCUT2D eigenvalue weighted by atomic mass is 32.1. The molecule has 0 amide bonds. The van der Waals surface area contributed by atoms with Crippen LogP contribution in [-0.2, 0) is 0 Å². The van der Waals surface area contributed by atoms with Crippen molar-refractivity contribution in [2.75, 3.05) is 0 Å². The summed E-state index contributed by atoms with van der Waals surface area (Å²) in [4.78, 5) is 3.11. The first-order valence-corrected chi connectivity index (χ1v) is 6.58. The van der Waals surface area contributed by atoms with E-state index in [1.54, 1.807) is 16.0 Å². The molecule has 1 fully saturated rings. The molecular formula is C13H20S. The summed E-state index contributed by atoms with van der Waals surface area (Å²) in [6.07, 6.45) is 7.20. The van der Waals surface area contributed by atoms with E-state index >= 15 is 0 Å². The standard InChI is InChI=1S/C13H20S/c1-9-10(2)14-11(3)13(9)12-7-5-4-6-8-12/h12H,4-8H2,1-3H3. The average Bonchev–Trinajstić information content (AvgIpc) is 2.43. The Hall–Kier alpha value is -0.300. The number of hydrogen-bond acceptors (Lipinski definition) is 1. The molecule has 0 aliphatic heterocycles. The molecule has 1 heteroatoms. The maximum Gasteiger partial charge on any atom is 0.00546 e. The van der Waals surface area contributed by atoms with E-state index in [4.69, 9.17) is 0 Å². The van der Waals surface area contributed by atoms with Gasteiger partial charge in [-0.15, -0.1) is 11.3 Å². The second kappa shape index (κ2) is 4.06. The molecule has 0 saturated heterocycles. The first kappa shape index (κ1) is 10.2. The Morgan fingerprint density at radius 3 is 2.07 bits per heavy atom. The van der Waals surface area contributed by atoms with Gasteiger partial charge in [0.2, 0.25) is 0 Å². The topological polar surface area (TPSA) is 0 Å². The molecule has 1 aliphatic carbocycles. The van der Waals surface area contributed by atoms with Gasteiger partial charge in [0.25, 0.3) is 0 Å². The Balaban J connectivity index is 2.29. The van der Waals surface area contributed by atoms with Crippen LogP contribution < -0.4 is 0 Å². The summed E-state index contributed by atoms with van der Waals surface area (Å²) in [6.45, 7) is 6.87. The average molecular weight is 208 g/mol. The smallest absolute Gasteiger partial charge is 0.00546 e. The monoisotopic (exact) mass is 208 g/mol. The van der Waals surface area contributed by atoms with Crippen molar-refractivity contribution in [1.29, 1.82) is 0 Å². The zero-order valence-corrected chi connectivity index (χ0v) is 10.3. The van der Waals surface area contributed by atoms with Crippen molar-refractivity contribution in [3.05, 3.63) is 20.9 Å². The highest BCUT2D eigenvalue weighted by molar-refractivity contribution is 7.12. The number of thiophene rings is 1. The Labute approximate surface area is 91.4 Å². The molecule has 0 N–H and O–H groups in total. The fourth-order valence-electron chi connectivity index (χ4n) is 2.80. The maximum atomic E-state index is 2.31. The summed E-state index contributed by atoms with van der Waals surface area (Å²) in [5, 5.41) is 0. The Kier molecular flexibility index (Phi) is 2.96. The molecule has 1 aromatic heterocycles. The second-order valence-electron chi connectivity index (χ2n) is 4.59. The lowest BCUT2D eigenvalue weighted by molar-refractivity contribution is 0.442. The molecule has 1 heterocycles. The third-order valence-electron chi connectivity index (χ3n) is 3.63. The minimum Gasteiger partial charge on any atom is -0.145 e. The molecule has 2 rings (SSSR count). The van der Waals surface area contributed by atoms with Gasteiger partial charge >= 0.3 is 0 Å². The van der Waals surface area contributed by atoms with Gasteiger partial charge in [-0.25, -0.2) is 0 Å². The molecular weight excluding hydrogens is 188 g/mol. The van der Waals surface area contributed by atoms with E-state index < -0.39 is 0 Å². The van der Waals surface area contributed by atoms with Crippen LogP contribution in [0.1, 0.15) is 58.9 Å². The minimum absolute atomic E-state index is 0.883. The van der Waals surface area contributed by atoms with Crippen LogP contribution in [0.2, 0.25) is 0 Å². The van der Waals surface area contributed by atoms with Gasteiger partial charge in [-0.2, -0.15) is 0 Å². The van der Waals surface area contributed by atoms with Gasteiger partial charge in [-0.3, -0.25) is 0 Å². The van der Waals surface area contributed by atoms with Gasteiger partial charge in [0.15, 0.2) is 0 Å². The van der Waals surface area contributed by atoms with Crippen molar-refractivity contribution in [2.24, 2.45) is 0 Å². The molecule has 78 valence electrons. The van der Waals surface area contributed by atoms with E-state index in [2.05, 4.69) is 20.8 Å². The van der Waals surface area contributed by atoms with Gasteiger partial charge in [0, 0.05) is 9.75 Å². The molecule has 0 radical (unpaired) electrons. The molecule has 0 unspecified atom stereocenters. The Bertz CT molecular complexity index is 316. The number of hydrogen-bond donors (Lipinski definition) is 0. The van der Waals surface area contributed by atoms with Crippen molar-refractivity contribution >= 4 is 11.3 Å². The summed E-state index contributed by atoms with van der Waals surface area (Å²) >= 11 is 1.99. The molecule has 1 aromatic rings. The molecule has 0 atom stereocenters. The highest BCUT2D eigenvalue weighted by Gasteiger charge is 2.21. The van der Waals surface area contributed by atoms with Gasteiger partial charge in [-0.1, -0.05) is 19.3 Å². The molecule has 14 heavy (non-hydrogen) atoms. The van der Waals surface area contributed by atoms with Crippen LogP contribution in [0.5, 0.6) is 0 Å². The first-order valence-electron chi connectivity index (χ1n) is 5.76. The SMILES string of the molecule is Cc1sc(C)c(C2CCCCC2)c1C. The van der Waals surface area contributed by atoms with E-state index in [1.165, 1.54) is 37.0 Å². The summed E-state index contributed by atoms with van der Waals surface area (Å²) in [6, 6.07) is 0. The van der Waals surface area contributed by atoms with Crippen LogP contribution in [-0.4, -0.2) is 0 Å². The van der Waals surface area contributed by atoms with Crippen LogP contribution >= 0.6 is 11.3 Å². The zero-order chi connectivity index (χ0) is 10.1. The lowest BCUT2D eigenvalue weighted by Gasteiger charge is -2.22. The van der Waals surface area contributed by atoms with E-state index in [0.29, 0.717) is 0 Å². The normalized spacial score (nSPS) is 18.8. The van der Waals surface area contributed by atoms with Crippen LogP contribution in [0.25, 0.3) is 0 Å². The molecule has 1 aliphatic rings. The molecule has 0 bridgehead atoms. The van der Waals surface area contributed by atoms with E-state index in [-0.39, 0.29) is 0 Å². The predicted octanol–water partition coefficient (Wildman–Crippen LogP) is 4.72. The van der Waals surface area contributed by atoms with Gasteiger partial charge in [0.05, 0.1) is 0 Å². The number of aryl methyl sites for hydroxylation is 2. The van der Waals surface area contributed by atoms with Crippen LogP contribution in [0, 0.1) is 20.8 Å². The Morgan fingerprint density at radius 2 is 1.57 bits per heavy atom. The van der Waals surface area contributed by atoms with Crippen molar-refractivity contribution in [3.63, 3.8) is 0 Å². The van der Waals surface area contributed by atoms with Gasteiger partial charge in [0.1, 0.15) is 0 Å². The van der Waals surface area contributed by atoms with Crippen LogP contribution in [0.3, 0.4) is 0 Å². The van der Waals surface area contributed by atoms with Crippen molar-refractivity contribution in [3.8, 4) is 0 Å². The summed E-state index contributed by atoms with van der Waals surface area (Å²) in [7, 11) is 0. The number of rotatable bonds is 1. The summed E-state index contributed by atoms with van der Waals surface area (Å²) < 4.78 is 0. The van der Waals surface area contributed by atoms with E-state index in [9.17, 15) is 0 Å². The van der Waals surface area contributed by atoms with Gasteiger partial charge < -0.3 is 0 Å². The summed E-state index contributed by atoms with van der Waals surface area (Å²) in [5.74, 6) is 0.883. The quantitative estimate of drug-likeness (QED) is 0.626. The lowest BCUT2D eigenvalue weighted by atomic mass is 9.82. The maximum absolute atomic E-state index is 2.31. The molecule has 1 saturated carbocycles. The van der Waals surface area contributed by atoms with Crippen molar-refractivity contribution < 1.29 is 0 Å². The van der Waals surface area contributed by atoms with Crippen LogP contribution in [0.4, 0.5) is 0 Å². The van der Waals surface area contributed by atoms with Crippen molar-refractivity contribution in [2.45, 2.75) is 58.8 Å². The lowest BCUT2D eigenvalue weighted by Crippen LogP contribution is -2.05. The first-order chi connectivity index (χ1) is 6.70. The highest BCUT2D eigenvalue weighted by Crippen LogP contribution is 2.39. The fraction of sp³-hybridized carbons (Fsp3) is 0.692. The molecule has 0 nitrogen and oxygen atoms in total. The van der Waals surface area contributed by atoms with Crippen LogP contribution in [0.15, 0.2) is 0 Å². The third-order valence-corrected chi connectivity index (χ3v) is 4.77. The van der Waals surface area contributed by atoms with E-state index in [1.807, 2.05) is 11.3 Å².